The fraction of sp³-hybridized carbons (Fsp3) is 0.323. The first-order valence-electron chi connectivity index (χ1n) is 13.1. The van der Waals surface area contributed by atoms with Crippen molar-refractivity contribution in [1.29, 1.82) is 0 Å². The molecular weight excluding hydrogens is 546 g/mol. The van der Waals surface area contributed by atoms with E-state index in [1.54, 1.807) is 24.3 Å². The summed E-state index contributed by atoms with van der Waals surface area (Å²) in [4.78, 5) is 41.7. The Morgan fingerprint density at radius 3 is 2.35 bits per heavy atom. The molecule has 4 rings (SSSR count). The fourth-order valence-corrected chi connectivity index (χ4v) is 6.07. The molecule has 1 heterocycles. The van der Waals surface area contributed by atoms with Gasteiger partial charge in [0.2, 0.25) is 5.91 Å². The Balaban J connectivity index is 1.54. The van der Waals surface area contributed by atoms with Gasteiger partial charge in [-0.25, -0.2) is 0 Å². The number of aryl methyl sites for hydroxylation is 1. The first-order valence-corrected chi connectivity index (χ1v) is 14.5. The molecule has 0 unspecified atom stereocenters. The molecule has 0 aromatic heterocycles. The Morgan fingerprint density at radius 2 is 1.68 bits per heavy atom. The van der Waals surface area contributed by atoms with Crippen LogP contribution in [0.15, 0.2) is 78.9 Å². The number of nitrogens with one attached hydrogen (secondary N) is 2. The van der Waals surface area contributed by atoms with Crippen molar-refractivity contribution >= 4 is 41.1 Å². The van der Waals surface area contributed by atoms with Crippen LogP contribution in [0.5, 0.6) is 0 Å². The summed E-state index contributed by atoms with van der Waals surface area (Å²) in [5.74, 6) is -1.09. The van der Waals surface area contributed by atoms with Crippen LogP contribution in [-0.2, 0) is 22.6 Å². The molecule has 1 aliphatic heterocycles. The maximum absolute atomic E-state index is 13.8. The molecule has 0 bridgehead atoms. The van der Waals surface area contributed by atoms with Crippen LogP contribution in [0.1, 0.15) is 40.9 Å². The minimum atomic E-state index is -1.57. The molecule has 1 fully saturated rings. The zero-order valence-electron chi connectivity index (χ0n) is 22.8. The van der Waals surface area contributed by atoms with E-state index in [2.05, 4.69) is 10.6 Å². The largest absolute Gasteiger partial charge is 0.381 e. The predicted molar refractivity (Wildman–Crippen MR) is 159 cm³/mol. The molecule has 3 aromatic carbocycles. The van der Waals surface area contributed by atoms with Gasteiger partial charge in [0.05, 0.1) is 11.9 Å². The van der Waals surface area contributed by atoms with E-state index in [1.807, 2.05) is 75.4 Å². The van der Waals surface area contributed by atoms with E-state index in [1.165, 1.54) is 16.7 Å². The molecule has 7 nitrogen and oxygen atoms in total. The van der Waals surface area contributed by atoms with Gasteiger partial charge < -0.3 is 20.6 Å². The second-order valence-corrected chi connectivity index (χ2v) is 12.5. The van der Waals surface area contributed by atoms with Gasteiger partial charge in [0, 0.05) is 21.9 Å². The van der Waals surface area contributed by atoms with Crippen LogP contribution in [0, 0.1) is 6.92 Å². The SMILES string of the molecule is Cc1ccccc1CNC(=O)[C@H]1N(C(=O)[C@@H](O)[C@H](Cc2ccccc2)NC(=O)c2ccc(Cl)cc2)CSC1(C)C. The molecule has 3 aromatic rings. The second kappa shape index (κ2) is 12.9. The number of thioether (sulfide) groups is 1. The Kier molecular flexibility index (Phi) is 9.56. The highest BCUT2D eigenvalue weighted by molar-refractivity contribution is 8.00. The van der Waals surface area contributed by atoms with Crippen molar-refractivity contribution in [3.05, 3.63) is 106 Å². The molecule has 210 valence electrons. The Hall–Kier alpha value is -3.33. The maximum Gasteiger partial charge on any atom is 0.254 e. The van der Waals surface area contributed by atoms with Crippen molar-refractivity contribution in [3.8, 4) is 0 Å². The Labute approximate surface area is 244 Å². The summed E-state index contributed by atoms with van der Waals surface area (Å²) in [7, 11) is 0. The van der Waals surface area contributed by atoms with Gasteiger partial charge in [0.1, 0.15) is 6.04 Å². The highest BCUT2D eigenvalue weighted by atomic mass is 35.5. The van der Waals surface area contributed by atoms with Gasteiger partial charge in [-0.2, -0.15) is 0 Å². The minimum absolute atomic E-state index is 0.224. The van der Waals surface area contributed by atoms with E-state index in [9.17, 15) is 19.5 Å². The van der Waals surface area contributed by atoms with Crippen molar-refractivity contribution in [1.82, 2.24) is 15.5 Å². The number of rotatable bonds is 9. The summed E-state index contributed by atoms with van der Waals surface area (Å²) in [5.41, 5.74) is 3.25. The fourth-order valence-electron chi connectivity index (χ4n) is 4.80. The van der Waals surface area contributed by atoms with E-state index in [4.69, 9.17) is 11.6 Å². The topological polar surface area (TPSA) is 98.7 Å². The first kappa shape index (κ1) is 29.6. The normalized spacial score (nSPS) is 17.6. The van der Waals surface area contributed by atoms with Crippen LogP contribution in [0.4, 0.5) is 0 Å². The quantitative estimate of drug-likeness (QED) is 0.350. The zero-order chi connectivity index (χ0) is 28.9. The number of carbonyl (C=O) groups is 3. The van der Waals surface area contributed by atoms with Crippen LogP contribution in [-0.4, -0.2) is 56.5 Å². The summed E-state index contributed by atoms with van der Waals surface area (Å²) in [6.45, 7) is 6.15. The smallest absolute Gasteiger partial charge is 0.254 e. The van der Waals surface area contributed by atoms with Gasteiger partial charge >= 0.3 is 0 Å². The molecule has 0 radical (unpaired) electrons. The first-order chi connectivity index (χ1) is 19.1. The van der Waals surface area contributed by atoms with E-state index in [0.717, 1.165) is 16.7 Å². The molecule has 0 spiro atoms. The lowest BCUT2D eigenvalue weighted by Gasteiger charge is -2.33. The molecule has 9 heteroatoms. The number of amides is 3. The highest BCUT2D eigenvalue weighted by Gasteiger charge is 2.49. The van der Waals surface area contributed by atoms with Gasteiger partial charge in [-0.05, 0) is 68.1 Å². The number of benzene rings is 3. The van der Waals surface area contributed by atoms with Gasteiger partial charge in [0.25, 0.3) is 11.8 Å². The predicted octanol–water partition coefficient (Wildman–Crippen LogP) is 4.35. The summed E-state index contributed by atoms with van der Waals surface area (Å²) >= 11 is 7.44. The number of nitrogens with zero attached hydrogens (tertiary/aromatic N) is 1. The molecule has 0 aliphatic carbocycles. The average molecular weight is 580 g/mol. The highest BCUT2D eigenvalue weighted by Crippen LogP contribution is 2.40. The maximum atomic E-state index is 13.8. The third-order valence-corrected chi connectivity index (χ3v) is 8.77. The van der Waals surface area contributed by atoms with Crippen molar-refractivity contribution < 1.29 is 19.5 Å². The third-order valence-electron chi connectivity index (χ3n) is 7.15. The van der Waals surface area contributed by atoms with E-state index in [-0.39, 0.29) is 18.2 Å². The molecule has 1 saturated heterocycles. The third kappa shape index (κ3) is 7.05. The Bertz CT molecular complexity index is 1350. The van der Waals surface area contributed by atoms with Crippen LogP contribution >= 0.6 is 23.4 Å². The van der Waals surface area contributed by atoms with Crippen molar-refractivity contribution in [2.75, 3.05) is 5.88 Å². The summed E-state index contributed by atoms with van der Waals surface area (Å²) in [6, 6.07) is 21.8. The summed E-state index contributed by atoms with van der Waals surface area (Å²) < 4.78 is -0.577. The van der Waals surface area contributed by atoms with E-state index >= 15 is 0 Å². The number of hydrogen-bond acceptors (Lipinski definition) is 5. The van der Waals surface area contributed by atoms with Gasteiger partial charge in [0.15, 0.2) is 6.10 Å². The molecule has 3 N–H and O–H groups in total. The van der Waals surface area contributed by atoms with Gasteiger partial charge in [-0.15, -0.1) is 11.8 Å². The molecule has 3 atom stereocenters. The van der Waals surface area contributed by atoms with Gasteiger partial charge in [-0.1, -0.05) is 66.2 Å². The lowest BCUT2D eigenvalue weighted by molar-refractivity contribution is -0.147. The second-order valence-electron chi connectivity index (χ2n) is 10.5. The van der Waals surface area contributed by atoms with Crippen molar-refractivity contribution in [2.45, 2.75) is 56.7 Å². The zero-order valence-corrected chi connectivity index (χ0v) is 24.3. The number of carbonyl (C=O) groups excluding carboxylic acids is 3. The molecular formula is C31H34ClN3O4S. The standard InChI is InChI=1S/C31H34ClN3O4S/c1-20-9-7-8-12-23(20)18-33-29(38)27-31(2,3)40-19-35(27)30(39)26(36)25(17-21-10-5-4-6-11-21)34-28(37)22-13-15-24(32)16-14-22/h4-16,25-27,36H,17-19H2,1-3H3,(H,33,38)(H,34,37)/t25-,26-,27+/m0/s1. The molecule has 40 heavy (non-hydrogen) atoms. The van der Waals surface area contributed by atoms with E-state index in [0.29, 0.717) is 17.1 Å². The lowest BCUT2D eigenvalue weighted by Crippen LogP contribution is -2.58. The lowest BCUT2D eigenvalue weighted by atomic mass is 9.96. The van der Waals surface area contributed by atoms with Crippen LogP contribution in [0.2, 0.25) is 5.02 Å². The van der Waals surface area contributed by atoms with Gasteiger partial charge in [-0.3, -0.25) is 14.4 Å². The van der Waals surface area contributed by atoms with Crippen molar-refractivity contribution in [3.63, 3.8) is 0 Å². The number of halogens is 1. The number of aliphatic hydroxyl groups is 1. The minimum Gasteiger partial charge on any atom is -0.381 e. The van der Waals surface area contributed by atoms with Crippen LogP contribution in [0.3, 0.4) is 0 Å². The summed E-state index contributed by atoms with van der Waals surface area (Å²) in [6.07, 6.45) is -1.35. The van der Waals surface area contributed by atoms with Crippen LogP contribution < -0.4 is 10.6 Å². The summed E-state index contributed by atoms with van der Waals surface area (Å²) in [5, 5.41) is 17.7. The monoisotopic (exact) mass is 579 g/mol. The Morgan fingerprint density at radius 1 is 1.02 bits per heavy atom. The van der Waals surface area contributed by atoms with Crippen LogP contribution in [0.25, 0.3) is 0 Å². The number of hydrogen-bond donors (Lipinski definition) is 3. The number of aliphatic hydroxyl groups excluding tert-OH is 1. The molecule has 0 saturated carbocycles. The van der Waals surface area contributed by atoms with E-state index < -0.39 is 34.7 Å². The molecule has 1 aliphatic rings. The molecule has 3 amide bonds. The average Bonchev–Trinajstić information content (AvgIpc) is 3.27. The van der Waals surface area contributed by atoms with Crippen molar-refractivity contribution in [2.24, 2.45) is 0 Å².